The molecule has 0 spiro atoms. The van der Waals surface area contributed by atoms with Crippen LogP contribution in [-0.4, -0.2) is 45.9 Å². The SMILES string of the molecule is COc1cc(OC)cc(N2CCC(CN=C(N)NC3CCCCCC3)C2)c1.I. The minimum absolute atomic E-state index is 0. The molecule has 0 aromatic heterocycles. The van der Waals surface area contributed by atoms with E-state index in [9.17, 15) is 0 Å². The molecule has 1 aliphatic carbocycles. The van der Waals surface area contributed by atoms with Crippen LogP contribution in [0.1, 0.15) is 44.9 Å². The molecule has 1 saturated heterocycles. The van der Waals surface area contributed by atoms with Crippen molar-refractivity contribution in [1.29, 1.82) is 0 Å². The minimum atomic E-state index is 0. The van der Waals surface area contributed by atoms with Gasteiger partial charge >= 0.3 is 0 Å². The molecule has 1 saturated carbocycles. The molecule has 1 heterocycles. The van der Waals surface area contributed by atoms with Crippen LogP contribution >= 0.6 is 24.0 Å². The van der Waals surface area contributed by atoms with Crippen molar-refractivity contribution in [2.75, 3.05) is 38.8 Å². The Hall–Kier alpha value is -1.38. The fourth-order valence-electron chi connectivity index (χ4n) is 4.10. The maximum absolute atomic E-state index is 6.15. The van der Waals surface area contributed by atoms with E-state index in [1.54, 1.807) is 14.2 Å². The number of halogens is 1. The number of methoxy groups -OCH3 is 2. The molecule has 7 heteroatoms. The minimum Gasteiger partial charge on any atom is -0.497 e. The second-order valence-electron chi connectivity index (χ2n) is 7.73. The molecule has 1 aliphatic heterocycles. The van der Waals surface area contributed by atoms with Crippen LogP contribution in [-0.2, 0) is 0 Å². The fraction of sp³-hybridized carbons (Fsp3) is 0.667. The van der Waals surface area contributed by atoms with Gasteiger partial charge in [0, 0.05) is 49.6 Å². The number of hydrogen-bond acceptors (Lipinski definition) is 4. The standard InChI is InChI=1S/C21H34N4O2.HI/c1-26-19-11-18(12-20(13-19)27-2)25-10-9-16(15-25)14-23-21(22)24-17-7-5-3-4-6-8-17;/h11-13,16-17H,3-10,14-15H2,1-2H3,(H3,22,23,24);1H. The third-order valence-corrected chi connectivity index (χ3v) is 5.71. The van der Waals surface area contributed by atoms with Crippen LogP contribution in [0.2, 0.25) is 0 Å². The van der Waals surface area contributed by atoms with Crippen molar-refractivity contribution >= 4 is 35.6 Å². The number of nitrogens with two attached hydrogens (primary N) is 1. The molecule has 1 aromatic carbocycles. The molecule has 3 rings (SSSR count). The van der Waals surface area contributed by atoms with Gasteiger partial charge < -0.3 is 25.4 Å². The highest BCUT2D eigenvalue weighted by molar-refractivity contribution is 14.0. The van der Waals surface area contributed by atoms with Gasteiger partial charge in [0.15, 0.2) is 5.96 Å². The predicted octanol–water partition coefficient (Wildman–Crippen LogP) is 3.78. The first kappa shape index (κ1) is 22.9. The van der Waals surface area contributed by atoms with Crippen LogP contribution < -0.4 is 25.4 Å². The van der Waals surface area contributed by atoms with E-state index in [1.807, 2.05) is 6.07 Å². The van der Waals surface area contributed by atoms with E-state index in [1.165, 1.54) is 38.5 Å². The van der Waals surface area contributed by atoms with Gasteiger partial charge in [0.2, 0.25) is 0 Å². The molecular formula is C21H35IN4O2. The van der Waals surface area contributed by atoms with E-state index >= 15 is 0 Å². The largest absolute Gasteiger partial charge is 0.497 e. The summed E-state index contributed by atoms with van der Waals surface area (Å²) in [6, 6.07) is 6.54. The molecule has 0 radical (unpaired) electrons. The summed E-state index contributed by atoms with van der Waals surface area (Å²) in [4.78, 5) is 7.01. The van der Waals surface area contributed by atoms with Gasteiger partial charge in [-0.1, -0.05) is 25.7 Å². The van der Waals surface area contributed by atoms with Gasteiger partial charge in [-0.05, 0) is 25.2 Å². The second-order valence-corrected chi connectivity index (χ2v) is 7.73. The monoisotopic (exact) mass is 502 g/mol. The maximum atomic E-state index is 6.15. The Kier molecular flexibility index (Phi) is 9.47. The van der Waals surface area contributed by atoms with Crippen molar-refractivity contribution < 1.29 is 9.47 Å². The zero-order valence-corrected chi connectivity index (χ0v) is 19.5. The van der Waals surface area contributed by atoms with Crippen molar-refractivity contribution in [3.05, 3.63) is 18.2 Å². The van der Waals surface area contributed by atoms with Crippen LogP contribution in [0, 0.1) is 5.92 Å². The summed E-state index contributed by atoms with van der Waals surface area (Å²) < 4.78 is 10.8. The molecule has 0 amide bonds. The summed E-state index contributed by atoms with van der Waals surface area (Å²) >= 11 is 0. The van der Waals surface area contributed by atoms with Crippen molar-refractivity contribution in [3.63, 3.8) is 0 Å². The van der Waals surface area contributed by atoms with Crippen molar-refractivity contribution in [2.24, 2.45) is 16.6 Å². The highest BCUT2D eigenvalue weighted by Crippen LogP contribution is 2.31. The van der Waals surface area contributed by atoms with Crippen LogP contribution in [0.4, 0.5) is 5.69 Å². The van der Waals surface area contributed by atoms with E-state index < -0.39 is 0 Å². The van der Waals surface area contributed by atoms with E-state index in [0.717, 1.165) is 43.2 Å². The smallest absolute Gasteiger partial charge is 0.188 e. The summed E-state index contributed by atoms with van der Waals surface area (Å²) in [6.07, 6.45) is 8.85. The number of hydrogen-bond donors (Lipinski definition) is 2. The van der Waals surface area contributed by atoms with Crippen molar-refractivity contribution in [1.82, 2.24) is 5.32 Å². The van der Waals surface area contributed by atoms with Gasteiger partial charge in [-0.3, -0.25) is 4.99 Å². The molecule has 1 unspecified atom stereocenters. The lowest BCUT2D eigenvalue weighted by molar-refractivity contribution is 0.394. The third kappa shape index (κ3) is 6.60. The van der Waals surface area contributed by atoms with Gasteiger partial charge in [0.05, 0.1) is 14.2 Å². The number of aliphatic imine (C=N–C) groups is 1. The summed E-state index contributed by atoms with van der Waals surface area (Å²) in [5.41, 5.74) is 7.29. The molecule has 1 aromatic rings. The van der Waals surface area contributed by atoms with Gasteiger partial charge in [-0.25, -0.2) is 0 Å². The molecule has 3 N–H and O–H groups in total. The quantitative estimate of drug-likeness (QED) is 0.268. The van der Waals surface area contributed by atoms with Gasteiger partial charge in [-0.15, -0.1) is 24.0 Å². The number of nitrogens with one attached hydrogen (secondary N) is 1. The first-order chi connectivity index (χ1) is 13.2. The third-order valence-electron chi connectivity index (χ3n) is 5.71. The zero-order chi connectivity index (χ0) is 19.1. The Morgan fingerprint density at radius 3 is 2.32 bits per heavy atom. The molecule has 2 aliphatic rings. The van der Waals surface area contributed by atoms with E-state index in [0.29, 0.717) is 17.9 Å². The Bertz CT molecular complexity index is 611. The number of benzene rings is 1. The molecular weight excluding hydrogens is 467 g/mol. The first-order valence-electron chi connectivity index (χ1n) is 10.2. The van der Waals surface area contributed by atoms with Gasteiger partial charge in [-0.2, -0.15) is 0 Å². The molecule has 2 fully saturated rings. The lowest BCUT2D eigenvalue weighted by Crippen LogP contribution is -2.40. The Morgan fingerprint density at radius 1 is 1.07 bits per heavy atom. The average Bonchev–Trinajstić information content (AvgIpc) is 3.03. The number of nitrogens with zero attached hydrogens (tertiary/aromatic N) is 2. The van der Waals surface area contributed by atoms with Crippen LogP contribution in [0.3, 0.4) is 0 Å². The Balaban J connectivity index is 0.00000280. The fourth-order valence-corrected chi connectivity index (χ4v) is 4.10. The normalized spacial score (nSPS) is 21.0. The van der Waals surface area contributed by atoms with Crippen LogP contribution in [0.5, 0.6) is 11.5 Å². The topological polar surface area (TPSA) is 72.1 Å². The van der Waals surface area contributed by atoms with Crippen molar-refractivity contribution in [2.45, 2.75) is 51.0 Å². The Labute approximate surface area is 186 Å². The highest BCUT2D eigenvalue weighted by atomic mass is 127. The first-order valence-corrected chi connectivity index (χ1v) is 10.2. The summed E-state index contributed by atoms with van der Waals surface area (Å²) in [5, 5.41) is 3.44. The van der Waals surface area contributed by atoms with Crippen LogP contribution in [0.15, 0.2) is 23.2 Å². The van der Waals surface area contributed by atoms with Gasteiger partial charge in [0.25, 0.3) is 0 Å². The maximum Gasteiger partial charge on any atom is 0.188 e. The number of rotatable bonds is 6. The Morgan fingerprint density at radius 2 is 1.71 bits per heavy atom. The average molecular weight is 502 g/mol. The molecule has 6 nitrogen and oxygen atoms in total. The predicted molar refractivity (Wildman–Crippen MR) is 126 cm³/mol. The molecule has 28 heavy (non-hydrogen) atoms. The number of anilines is 1. The summed E-state index contributed by atoms with van der Waals surface area (Å²) in [7, 11) is 3.37. The lowest BCUT2D eigenvalue weighted by Gasteiger charge is -2.20. The van der Waals surface area contributed by atoms with E-state index in [4.69, 9.17) is 15.2 Å². The molecule has 158 valence electrons. The molecule has 0 bridgehead atoms. The lowest BCUT2D eigenvalue weighted by atomic mass is 10.1. The molecule has 1 atom stereocenters. The van der Waals surface area contributed by atoms with E-state index in [-0.39, 0.29) is 24.0 Å². The summed E-state index contributed by atoms with van der Waals surface area (Å²) in [5.74, 6) is 2.78. The summed E-state index contributed by atoms with van der Waals surface area (Å²) in [6.45, 7) is 2.78. The van der Waals surface area contributed by atoms with Crippen LogP contribution in [0.25, 0.3) is 0 Å². The van der Waals surface area contributed by atoms with Crippen molar-refractivity contribution in [3.8, 4) is 11.5 Å². The highest BCUT2D eigenvalue weighted by Gasteiger charge is 2.23. The van der Waals surface area contributed by atoms with Gasteiger partial charge in [0.1, 0.15) is 11.5 Å². The second kappa shape index (κ2) is 11.6. The van der Waals surface area contributed by atoms with E-state index in [2.05, 4.69) is 27.3 Å². The number of guanidine groups is 1. The zero-order valence-electron chi connectivity index (χ0n) is 17.2. The number of ether oxygens (including phenoxy) is 2.